The van der Waals surface area contributed by atoms with Crippen molar-refractivity contribution in [3.63, 3.8) is 0 Å². The molecule has 2 aromatic heterocycles. The first-order valence-electron chi connectivity index (χ1n) is 15.1. The first-order chi connectivity index (χ1) is 20.9. The predicted molar refractivity (Wildman–Crippen MR) is 169 cm³/mol. The third-order valence-electron chi connectivity index (χ3n) is 7.59. The molecule has 1 fully saturated rings. The second kappa shape index (κ2) is 14.0. The van der Waals surface area contributed by atoms with Gasteiger partial charge in [-0.25, -0.2) is 14.2 Å². The number of ether oxygens (including phenoxy) is 4. The molecular weight excluding hydrogens is 563 g/mol. The molecule has 0 bridgehead atoms. The van der Waals surface area contributed by atoms with Gasteiger partial charge < -0.3 is 23.8 Å². The Hall–Kier alpha value is -3.60. The van der Waals surface area contributed by atoms with Crippen LogP contribution < -0.4 is 4.90 Å². The number of rotatable bonds is 13. The number of hydrogen-bond acceptors (Lipinski definition) is 8. The Morgan fingerprint density at radius 3 is 2.55 bits per heavy atom. The fraction of sp³-hybridized carbons (Fsp3) is 0.500. The van der Waals surface area contributed by atoms with Crippen LogP contribution in [0.3, 0.4) is 0 Å². The van der Waals surface area contributed by atoms with Crippen LogP contribution in [0.5, 0.6) is 0 Å². The largest absolute Gasteiger partial charge is 0.464 e. The van der Waals surface area contributed by atoms with E-state index in [1.807, 2.05) is 33.8 Å². The summed E-state index contributed by atoms with van der Waals surface area (Å²) in [6, 6.07) is 6.41. The second-order valence-electron chi connectivity index (χ2n) is 12.3. The summed E-state index contributed by atoms with van der Waals surface area (Å²) in [5, 5.41) is 4.90. The van der Waals surface area contributed by atoms with Crippen LogP contribution in [0.25, 0.3) is 11.7 Å². The number of aryl methyl sites for hydroxylation is 1. The summed E-state index contributed by atoms with van der Waals surface area (Å²) in [5.41, 5.74) is 3.15. The molecule has 44 heavy (non-hydrogen) atoms. The minimum Gasteiger partial charge on any atom is -0.464 e. The number of hydrogen-bond donors (Lipinski definition) is 0. The van der Waals surface area contributed by atoms with Crippen molar-refractivity contribution in [2.24, 2.45) is 0 Å². The third-order valence-corrected chi connectivity index (χ3v) is 7.59. The van der Waals surface area contributed by atoms with Crippen LogP contribution in [0.1, 0.15) is 81.6 Å². The van der Waals surface area contributed by atoms with Crippen molar-refractivity contribution in [2.45, 2.75) is 84.9 Å². The minimum absolute atomic E-state index is 0.207. The van der Waals surface area contributed by atoms with E-state index in [0.29, 0.717) is 47.9 Å². The van der Waals surface area contributed by atoms with Crippen LogP contribution in [0.4, 0.5) is 10.2 Å². The van der Waals surface area contributed by atoms with E-state index >= 15 is 0 Å². The molecule has 4 rings (SSSR count). The average molecular weight is 609 g/mol. The van der Waals surface area contributed by atoms with Crippen LogP contribution in [-0.2, 0) is 37.0 Å². The van der Waals surface area contributed by atoms with Crippen molar-refractivity contribution in [2.75, 3.05) is 31.2 Å². The maximum Gasteiger partial charge on any atom is 0.340 e. The van der Waals surface area contributed by atoms with Crippen molar-refractivity contribution < 1.29 is 28.1 Å². The number of anilines is 1. The smallest absolute Gasteiger partial charge is 0.340 e. The van der Waals surface area contributed by atoms with Gasteiger partial charge in [0.2, 0.25) is 0 Å². The number of carbonyl (C=O) groups excluding carboxylic acids is 1. The molecule has 0 aliphatic carbocycles. The molecular formula is C34H45FN4O5. The first-order valence-corrected chi connectivity index (χ1v) is 15.1. The maximum atomic E-state index is 13.7. The topological polar surface area (TPSA) is 87.4 Å². The lowest BCUT2D eigenvalue weighted by atomic mass is 9.92. The number of fused-ring (bicyclic) bond motifs is 1. The second-order valence-corrected chi connectivity index (χ2v) is 12.3. The van der Waals surface area contributed by atoms with Crippen LogP contribution in [0.15, 0.2) is 43.5 Å². The van der Waals surface area contributed by atoms with E-state index < -0.39 is 17.7 Å². The van der Waals surface area contributed by atoms with Gasteiger partial charge in [-0.1, -0.05) is 24.8 Å². The van der Waals surface area contributed by atoms with E-state index in [1.165, 1.54) is 12.1 Å². The van der Waals surface area contributed by atoms with Gasteiger partial charge >= 0.3 is 5.97 Å². The molecule has 1 aliphatic heterocycles. The van der Waals surface area contributed by atoms with Gasteiger partial charge in [0, 0.05) is 24.8 Å². The van der Waals surface area contributed by atoms with Gasteiger partial charge in [0.05, 0.1) is 48.9 Å². The normalized spacial score (nSPS) is 15.8. The summed E-state index contributed by atoms with van der Waals surface area (Å²) in [6.07, 6.45) is 3.91. The monoisotopic (exact) mass is 608 g/mol. The lowest BCUT2D eigenvalue weighted by Crippen LogP contribution is -2.45. The number of benzene rings is 1. The van der Waals surface area contributed by atoms with Gasteiger partial charge in [-0.3, -0.25) is 0 Å². The van der Waals surface area contributed by atoms with Gasteiger partial charge in [-0.05, 0) is 77.6 Å². The summed E-state index contributed by atoms with van der Waals surface area (Å²) in [4.78, 5) is 20.5. The minimum atomic E-state index is -1.01. The Morgan fingerprint density at radius 2 is 1.91 bits per heavy atom. The lowest BCUT2D eigenvalue weighted by Gasteiger charge is -2.41. The van der Waals surface area contributed by atoms with Crippen LogP contribution in [0, 0.1) is 12.7 Å². The highest BCUT2D eigenvalue weighted by atomic mass is 19.1. The molecule has 1 unspecified atom stereocenters. The molecule has 0 saturated carbocycles. The molecule has 9 nitrogen and oxygen atoms in total. The number of esters is 1. The molecule has 0 N–H and O–H groups in total. The van der Waals surface area contributed by atoms with E-state index in [9.17, 15) is 9.18 Å². The highest BCUT2D eigenvalue weighted by molar-refractivity contribution is 5.80. The van der Waals surface area contributed by atoms with Crippen molar-refractivity contribution in [1.29, 1.82) is 0 Å². The highest BCUT2D eigenvalue weighted by Gasteiger charge is 2.38. The van der Waals surface area contributed by atoms with Crippen LogP contribution >= 0.6 is 0 Å². The molecule has 0 spiro atoms. The predicted octanol–water partition coefficient (Wildman–Crippen LogP) is 6.52. The van der Waals surface area contributed by atoms with E-state index in [0.717, 1.165) is 24.2 Å². The Kier molecular flexibility index (Phi) is 10.6. The average Bonchev–Trinajstić information content (AvgIpc) is 3.37. The molecule has 3 heterocycles. The highest BCUT2D eigenvalue weighted by Crippen LogP contribution is 2.38. The van der Waals surface area contributed by atoms with E-state index in [1.54, 1.807) is 29.7 Å². The number of aromatic nitrogens is 3. The maximum absolute atomic E-state index is 13.7. The number of nitrogens with zero attached hydrogens (tertiary/aromatic N) is 4. The number of halogens is 1. The van der Waals surface area contributed by atoms with Gasteiger partial charge in [0.25, 0.3) is 0 Å². The molecule has 0 amide bonds. The van der Waals surface area contributed by atoms with Crippen molar-refractivity contribution in [1.82, 2.24) is 14.6 Å². The molecule has 0 radical (unpaired) electrons. The summed E-state index contributed by atoms with van der Waals surface area (Å²) in [7, 11) is 0. The van der Waals surface area contributed by atoms with Crippen LogP contribution in [-0.4, -0.2) is 58.1 Å². The Labute approximate surface area is 259 Å². The summed E-state index contributed by atoms with van der Waals surface area (Å²) < 4.78 is 39.4. The molecule has 238 valence electrons. The van der Waals surface area contributed by atoms with Gasteiger partial charge in [-0.2, -0.15) is 9.61 Å². The van der Waals surface area contributed by atoms with Crippen molar-refractivity contribution in [3.05, 3.63) is 77.4 Å². The fourth-order valence-corrected chi connectivity index (χ4v) is 5.39. The van der Waals surface area contributed by atoms with Gasteiger partial charge in [0.15, 0.2) is 11.8 Å². The zero-order chi connectivity index (χ0) is 32.1. The van der Waals surface area contributed by atoms with Gasteiger partial charge in [0.1, 0.15) is 11.6 Å². The summed E-state index contributed by atoms with van der Waals surface area (Å²) in [5.74, 6) is -0.0629. The molecule has 1 aliphatic rings. The molecule has 3 aromatic rings. The molecule has 1 aromatic carbocycles. The number of carbonyl (C=O) groups is 1. The van der Waals surface area contributed by atoms with E-state index in [4.69, 9.17) is 29.0 Å². The molecule has 10 heteroatoms. The van der Waals surface area contributed by atoms with E-state index in [2.05, 4.69) is 25.0 Å². The Morgan fingerprint density at radius 1 is 1.18 bits per heavy atom. The van der Waals surface area contributed by atoms with Crippen molar-refractivity contribution in [3.8, 4) is 0 Å². The standard InChI is InChI=1S/C34H45FN4O5/c1-9-18-43-34(8)14-16-38(17-15-34)31-29(30(32(40)42-11-3)44-33(5,6)7)23(4)36-28-20-27(37-39(28)31)22-41-21-25-12-13-26(35)19-24(25)10-2/h9-10,12-13,19-20,30H,1-2,11,14-18,21-22H2,3-8H3. The Balaban J connectivity index is 1.74. The Bertz CT molecular complexity index is 1490. The summed E-state index contributed by atoms with van der Waals surface area (Å²) >= 11 is 0. The van der Waals surface area contributed by atoms with Crippen molar-refractivity contribution >= 4 is 23.5 Å². The third kappa shape index (κ3) is 7.91. The summed E-state index contributed by atoms with van der Waals surface area (Å²) in [6.45, 7) is 21.6. The van der Waals surface area contributed by atoms with E-state index in [-0.39, 0.29) is 31.2 Å². The molecule has 1 atom stereocenters. The zero-order valence-corrected chi connectivity index (χ0v) is 26.8. The lowest BCUT2D eigenvalue weighted by molar-refractivity contribution is -0.166. The fourth-order valence-electron chi connectivity index (χ4n) is 5.39. The zero-order valence-electron chi connectivity index (χ0n) is 26.8. The van der Waals surface area contributed by atoms with Gasteiger partial charge in [-0.15, -0.1) is 6.58 Å². The van der Waals surface area contributed by atoms with Crippen LogP contribution in [0.2, 0.25) is 0 Å². The SMILES string of the molecule is C=CCOC1(C)CCN(c2c(C(OC(C)(C)C)C(=O)OCC)c(C)nc3cc(COCc4ccc(F)cc4C=C)nn23)CC1. The number of piperidine rings is 1. The first kappa shape index (κ1) is 33.3. The quantitative estimate of drug-likeness (QED) is 0.160. The molecule has 1 saturated heterocycles.